The number of fused-ring (bicyclic) bond motifs is 1. The molecule has 0 aromatic heterocycles. The first-order chi connectivity index (χ1) is 9.84. The van der Waals surface area contributed by atoms with Gasteiger partial charge in [0, 0.05) is 19.3 Å². The highest BCUT2D eigenvalue weighted by Gasteiger charge is 2.15. The van der Waals surface area contributed by atoms with Crippen molar-refractivity contribution in [2.75, 3.05) is 19.8 Å². The summed E-state index contributed by atoms with van der Waals surface area (Å²) in [5, 5.41) is 6.34. The predicted molar refractivity (Wildman–Crippen MR) is 83.9 cm³/mol. The minimum absolute atomic E-state index is 0.392. The summed E-state index contributed by atoms with van der Waals surface area (Å²) in [5.41, 5.74) is 1.39. The maximum atomic E-state index is 5.43. The lowest BCUT2D eigenvalue weighted by molar-refractivity contribution is 0.184. The highest BCUT2D eigenvalue weighted by molar-refractivity contribution is 5.86. The van der Waals surface area contributed by atoms with E-state index in [1.807, 2.05) is 0 Å². The molecule has 1 saturated heterocycles. The van der Waals surface area contributed by atoms with E-state index in [0.717, 1.165) is 25.7 Å². The van der Waals surface area contributed by atoms with Gasteiger partial charge in [-0.2, -0.15) is 0 Å². The van der Waals surface area contributed by atoms with Crippen molar-refractivity contribution in [3.63, 3.8) is 0 Å². The van der Waals surface area contributed by atoms with Gasteiger partial charge in [0.15, 0.2) is 0 Å². The van der Waals surface area contributed by atoms with Crippen LogP contribution in [-0.4, -0.2) is 19.8 Å². The molecule has 0 saturated carbocycles. The summed E-state index contributed by atoms with van der Waals surface area (Å²) in [7, 11) is 0. The van der Waals surface area contributed by atoms with Crippen molar-refractivity contribution in [1.82, 2.24) is 5.32 Å². The quantitative estimate of drug-likeness (QED) is 0.888. The van der Waals surface area contributed by atoms with Gasteiger partial charge in [0.25, 0.3) is 0 Å². The molecule has 0 aliphatic carbocycles. The second-order valence-electron chi connectivity index (χ2n) is 5.76. The van der Waals surface area contributed by atoms with Crippen molar-refractivity contribution in [3.05, 3.63) is 48.0 Å². The van der Waals surface area contributed by atoms with E-state index in [1.165, 1.54) is 29.2 Å². The molecule has 20 heavy (non-hydrogen) atoms. The minimum Gasteiger partial charge on any atom is -0.381 e. The Kier molecular flexibility index (Phi) is 4.34. The zero-order valence-corrected chi connectivity index (χ0v) is 12.1. The highest BCUT2D eigenvalue weighted by atomic mass is 16.5. The zero-order chi connectivity index (χ0) is 13.8. The van der Waals surface area contributed by atoms with Crippen molar-refractivity contribution >= 4 is 10.8 Å². The Balaban J connectivity index is 1.64. The van der Waals surface area contributed by atoms with Crippen LogP contribution < -0.4 is 5.32 Å². The third-order valence-corrected chi connectivity index (χ3v) is 4.32. The summed E-state index contributed by atoms with van der Waals surface area (Å²) in [6.45, 7) is 5.22. The van der Waals surface area contributed by atoms with Crippen LogP contribution in [0.4, 0.5) is 0 Å². The number of hydrogen-bond acceptors (Lipinski definition) is 2. The van der Waals surface area contributed by atoms with Gasteiger partial charge in [-0.1, -0.05) is 42.5 Å². The topological polar surface area (TPSA) is 21.3 Å². The molecule has 1 fully saturated rings. The van der Waals surface area contributed by atoms with Crippen molar-refractivity contribution in [2.24, 2.45) is 5.92 Å². The molecule has 2 unspecified atom stereocenters. The summed E-state index contributed by atoms with van der Waals surface area (Å²) < 4.78 is 5.43. The molecular formula is C18H23NO. The van der Waals surface area contributed by atoms with Crippen LogP contribution in [0, 0.1) is 5.92 Å². The predicted octanol–water partition coefficient (Wildman–Crippen LogP) is 3.92. The lowest BCUT2D eigenvalue weighted by Crippen LogP contribution is -2.22. The van der Waals surface area contributed by atoms with Crippen molar-refractivity contribution < 1.29 is 4.74 Å². The van der Waals surface area contributed by atoms with Crippen LogP contribution in [-0.2, 0) is 4.74 Å². The van der Waals surface area contributed by atoms with Crippen LogP contribution >= 0.6 is 0 Å². The van der Waals surface area contributed by atoms with E-state index in [0.29, 0.717) is 6.04 Å². The Morgan fingerprint density at radius 3 is 2.90 bits per heavy atom. The second-order valence-corrected chi connectivity index (χ2v) is 5.76. The Labute approximate surface area is 121 Å². The minimum atomic E-state index is 0.392. The normalized spacial score (nSPS) is 20.4. The molecule has 0 radical (unpaired) electrons. The molecule has 0 amide bonds. The van der Waals surface area contributed by atoms with Gasteiger partial charge >= 0.3 is 0 Å². The van der Waals surface area contributed by atoms with E-state index >= 15 is 0 Å². The van der Waals surface area contributed by atoms with Gasteiger partial charge in [-0.05, 0) is 48.6 Å². The standard InChI is InChI=1S/C18H23NO/c1-14(19-11-9-15-10-12-20-13-15)17-8-4-6-16-5-2-3-7-18(16)17/h2-8,14-15,19H,9-13H2,1H3. The largest absolute Gasteiger partial charge is 0.381 e. The van der Waals surface area contributed by atoms with Crippen LogP contribution in [0.3, 0.4) is 0 Å². The van der Waals surface area contributed by atoms with E-state index in [-0.39, 0.29) is 0 Å². The second kappa shape index (κ2) is 6.38. The van der Waals surface area contributed by atoms with E-state index < -0.39 is 0 Å². The van der Waals surface area contributed by atoms with Crippen LogP contribution in [0.15, 0.2) is 42.5 Å². The fraction of sp³-hybridized carbons (Fsp3) is 0.444. The van der Waals surface area contributed by atoms with E-state index in [2.05, 4.69) is 54.7 Å². The molecule has 2 atom stereocenters. The molecule has 2 heteroatoms. The molecule has 0 spiro atoms. The van der Waals surface area contributed by atoms with Gasteiger partial charge in [-0.3, -0.25) is 0 Å². The molecule has 106 valence electrons. The van der Waals surface area contributed by atoms with Gasteiger partial charge in [-0.15, -0.1) is 0 Å². The average Bonchev–Trinajstić information content (AvgIpc) is 3.00. The van der Waals surface area contributed by atoms with E-state index in [4.69, 9.17) is 4.74 Å². The maximum Gasteiger partial charge on any atom is 0.0495 e. The van der Waals surface area contributed by atoms with Gasteiger partial charge < -0.3 is 10.1 Å². The molecule has 3 rings (SSSR count). The first-order valence-electron chi connectivity index (χ1n) is 7.63. The van der Waals surface area contributed by atoms with E-state index in [1.54, 1.807) is 0 Å². The molecular weight excluding hydrogens is 246 g/mol. The summed E-state index contributed by atoms with van der Waals surface area (Å²) in [6.07, 6.45) is 2.44. The molecule has 1 heterocycles. The highest BCUT2D eigenvalue weighted by Crippen LogP contribution is 2.24. The number of nitrogens with one attached hydrogen (secondary N) is 1. The van der Waals surface area contributed by atoms with Crippen molar-refractivity contribution in [2.45, 2.75) is 25.8 Å². The first kappa shape index (κ1) is 13.6. The third kappa shape index (κ3) is 3.02. The molecule has 2 nitrogen and oxygen atoms in total. The third-order valence-electron chi connectivity index (χ3n) is 4.32. The number of benzene rings is 2. The Morgan fingerprint density at radius 1 is 1.20 bits per heavy atom. The van der Waals surface area contributed by atoms with Gasteiger partial charge in [0.2, 0.25) is 0 Å². The number of hydrogen-bond donors (Lipinski definition) is 1. The summed E-state index contributed by atoms with van der Waals surface area (Å²) in [5.74, 6) is 0.752. The molecule has 1 aliphatic heterocycles. The van der Waals surface area contributed by atoms with E-state index in [9.17, 15) is 0 Å². The smallest absolute Gasteiger partial charge is 0.0495 e. The molecule has 1 aliphatic rings. The first-order valence-corrected chi connectivity index (χ1v) is 7.63. The van der Waals surface area contributed by atoms with Gasteiger partial charge in [-0.25, -0.2) is 0 Å². The van der Waals surface area contributed by atoms with Crippen LogP contribution in [0.5, 0.6) is 0 Å². The van der Waals surface area contributed by atoms with Crippen LogP contribution in [0.2, 0.25) is 0 Å². The monoisotopic (exact) mass is 269 g/mol. The lowest BCUT2D eigenvalue weighted by Gasteiger charge is -2.17. The average molecular weight is 269 g/mol. The fourth-order valence-corrected chi connectivity index (χ4v) is 3.05. The van der Waals surface area contributed by atoms with Crippen molar-refractivity contribution in [3.8, 4) is 0 Å². The Morgan fingerprint density at radius 2 is 2.05 bits per heavy atom. The summed E-state index contributed by atoms with van der Waals surface area (Å²) in [4.78, 5) is 0. The summed E-state index contributed by atoms with van der Waals surface area (Å²) >= 11 is 0. The SMILES string of the molecule is CC(NCCC1CCOC1)c1cccc2ccccc12. The fourth-order valence-electron chi connectivity index (χ4n) is 3.05. The summed E-state index contributed by atoms with van der Waals surface area (Å²) in [6, 6.07) is 15.6. The molecule has 2 aromatic carbocycles. The van der Waals surface area contributed by atoms with Crippen LogP contribution in [0.1, 0.15) is 31.4 Å². The number of ether oxygens (including phenoxy) is 1. The molecule has 1 N–H and O–H groups in total. The van der Waals surface area contributed by atoms with Gasteiger partial charge in [0.1, 0.15) is 0 Å². The molecule has 2 aromatic rings. The van der Waals surface area contributed by atoms with Gasteiger partial charge in [0.05, 0.1) is 0 Å². The molecule has 0 bridgehead atoms. The van der Waals surface area contributed by atoms with Crippen molar-refractivity contribution in [1.29, 1.82) is 0 Å². The zero-order valence-electron chi connectivity index (χ0n) is 12.1. The Bertz CT molecular complexity index is 555. The Hall–Kier alpha value is -1.38. The number of rotatable bonds is 5. The lowest BCUT2D eigenvalue weighted by atomic mass is 9.99. The van der Waals surface area contributed by atoms with Crippen LogP contribution in [0.25, 0.3) is 10.8 Å². The maximum absolute atomic E-state index is 5.43.